The highest BCUT2D eigenvalue weighted by atomic mass is 16.3. The molecule has 2 unspecified atom stereocenters. The van der Waals surface area contributed by atoms with Gasteiger partial charge in [0.15, 0.2) is 0 Å². The van der Waals surface area contributed by atoms with Gasteiger partial charge in [0.05, 0.1) is 23.7 Å². The molecule has 1 aromatic heterocycles. The van der Waals surface area contributed by atoms with Crippen LogP contribution in [0.15, 0.2) is 6.20 Å². The van der Waals surface area contributed by atoms with Crippen molar-refractivity contribution in [1.29, 1.82) is 0 Å². The van der Waals surface area contributed by atoms with Crippen molar-refractivity contribution in [2.24, 2.45) is 5.92 Å². The van der Waals surface area contributed by atoms with Crippen molar-refractivity contribution in [3.05, 3.63) is 11.9 Å². The Hall–Kier alpha value is -1.03. The summed E-state index contributed by atoms with van der Waals surface area (Å²) in [5.74, 6) is 0.344. The first-order valence-corrected chi connectivity index (χ1v) is 5.64. The summed E-state index contributed by atoms with van der Waals surface area (Å²) >= 11 is 0. The van der Waals surface area contributed by atoms with Crippen molar-refractivity contribution < 1.29 is 5.11 Å². The van der Waals surface area contributed by atoms with Gasteiger partial charge in [-0.15, -0.1) is 0 Å². The third kappa shape index (κ3) is 2.15. The van der Waals surface area contributed by atoms with E-state index in [1.165, 1.54) is 6.42 Å². The molecule has 0 aliphatic heterocycles. The van der Waals surface area contributed by atoms with Crippen LogP contribution in [0, 0.1) is 12.8 Å². The van der Waals surface area contributed by atoms with Crippen molar-refractivity contribution in [3.63, 3.8) is 0 Å². The zero-order valence-electron chi connectivity index (χ0n) is 9.19. The molecule has 0 spiro atoms. The highest BCUT2D eigenvalue weighted by Crippen LogP contribution is 2.26. The van der Waals surface area contributed by atoms with E-state index in [9.17, 15) is 5.11 Å². The quantitative estimate of drug-likeness (QED) is 0.772. The molecule has 1 saturated carbocycles. The van der Waals surface area contributed by atoms with Crippen molar-refractivity contribution >= 4 is 5.69 Å². The number of nitrogens with zero attached hydrogens (tertiary/aromatic N) is 2. The molecule has 0 saturated heterocycles. The van der Waals surface area contributed by atoms with Crippen LogP contribution < -0.4 is 5.73 Å². The number of aliphatic hydroxyl groups excluding tert-OH is 1. The Labute approximate surface area is 90.1 Å². The monoisotopic (exact) mass is 209 g/mol. The maximum Gasteiger partial charge on any atom is 0.0730 e. The van der Waals surface area contributed by atoms with Crippen LogP contribution in [-0.2, 0) is 6.54 Å². The fourth-order valence-corrected chi connectivity index (χ4v) is 2.27. The minimum Gasteiger partial charge on any atom is -0.396 e. The smallest absolute Gasteiger partial charge is 0.0730 e. The minimum atomic E-state index is -0.163. The maximum atomic E-state index is 9.86. The van der Waals surface area contributed by atoms with Gasteiger partial charge in [0, 0.05) is 12.5 Å². The lowest BCUT2D eigenvalue weighted by Gasteiger charge is -2.27. The molecule has 3 N–H and O–H groups in total. The Morgan fingerprint density at radius 2 is 2.27 bits per heavy atom. The summed E-state index contributed by atoms with van der Waals surface area (Å²) < 4.78 is 1.91. The first-order valence-electron chi connectivity index (χ1n) is 5.64. The topological polar surface area (TPSA) is 64.1 Å². The Balaban J connectivity index is 2.04. The van der Waals surface area contributed by atoms with Gasteiger partial charge in [0.2, 0.25) is 0 Å². The normalized spacial score (nSPS) is 26.8. The van der Waals surface area contributed by atoms with E-state index in [-0.39, 0.29) is 6.10 Å². The summed E-state index contributed by atoms with van der Waals surface area (Å²) in [7, 11) is 0. The lowest BCUT2D eigenvalue weighted by molar-refractivity contribution is 0.0584. The van der Waals surface area contributed by atoms with Gasteiger partial charge in [0.1, 0.15) is 0 Å². The molecule has 0 amide bonds. The number of nitrogens with two attached hydrogens (primary N) is 1. The van der Waals surface area contributed by atoms with Crippen LogP contribution in [-0.4, -0.2) is 21.0 Å². The SMILES string of the molecule is Cc1c(N)cnn1CC1CCCCC1O. The number of rotatable bonds is 2. The fraction of sp³-hybridized carbons (Fsp3) is 0.727. The molecule has 15 heavy (non-hydrogen) atoms. The van der Waals surface area contributed by atoms with Gasteiger partial charge in [-0.25, -0.2) is 0 Å². The molecule has 0 radical (unpaired) electrons. The van der Waals surface area contributed by atoms with Gasteiger partial charge in [-0.3, -0.25) is 4.68 Å². The molecule has 0 aromatic carbocycles. The van der Waals surface area contributed by atoms with Gasteiger partial charge >= 0.3 is 0 Å². The van der Waals surface area contributed by atoms with E-state index in [0.29, 0.717) is 5.92 Å². The molecule has 2 atom stereocenters. The molecular weight excluding hydrogens is 190 g/mol. The maximum absolute atomic E-state index is 9.86. The number of aliphatic hydroxyl groups is 1. The average molecular weight is 209 g/mol. The predicted octanol–water partition coefficient (Wildman–Crippen LogP) is 1.32. The lowest BCUT2D eigenvalue weighted by Crippen LogP contribution is -2.29. The Bertz CT molecular complexity index is 335. The van der Waals surface area contributed by atoms with Gasteiger partial charge in [0.25, 0.3) is 0 Å². The van der Waals surface area contributed by atoms with Crippen LogP contribution in [0.25, 0.3) is 0 Å². The molecule has 4 heteroatoms. The Morgan fingerprint density at radius 3 is 2.87 bits per heavy atom. The third-order valence-electron chi connectivity index (χ3n) is 3.42. The van der Waals surface area contributed by atoms with E-state index in [4.69, 9.17) is 5.73 Å². The van der Waals surface area contributed by atoms with E-state index >= 15 is 0 Å². The van der Waals surface area contributed by atoms with E-state index in [1.54, 1.807) is 6.20 Å². The van der Waals surface area contributed by atoms with Crippen LogP contribution in [0.4, 0.5) is 5.69 Å². The molecule has 84 valence electrons. The van der Waals surface area contributed by atoms with Gasteiger partial charge < -0.3 is 10.8 Å². The average Bonchev–Trinajstić information content (AvgIpc) is 2.53. The molecule has 2 rings (SSSR count). The van der Waals surface area contributed by atoms with Crippen molar-refractivity contribution in [3.8, 4) is 0 Å². The van der Waals surface area contributed by atoms with Crippen LogP contribution in [0.1, 0.15) is 31.4 Å². The number of nitrogen functional groups attached to an aromatic ring is 1. The van der Waals surface area contributed by atoms with E-state index in [2.05, 4.69) is 5.10 Å². The van der Waals surface area contributed by atoms with Gasteiger partial charge in [-0.05, 0) is 19.8 Å². The molecule has 1 heterocycles. The van der Waals surface area contributed by atoms with Crippen LogP contribution in [0.2, 0.25) is 0 Å². The zero-order chi connectivity index (χ0) is 10.8. The number of anilines is 1. The van der Waals surface area contributed by atoms with E-state index < -0.39 is 0 Å². The first-order chi connectivity index (χ1) is 7.18. The summed E-state index contributed by atoms with van der Waals surface area (Å²) in [6.07, 6.45) is 5.92. The molecule has 0 bridgehead atoms. The summed E-state index contributed by atoms with van der Waals surface area (Å²) in [5.41, 5.74) is 7.48. The van der Waals surface area contributed by atoms with Crippen LogP contribution in [0.5, 0.6) is 0 Å². The molecule has 4 nitrogen and oxygen atoms in total. The molecular formula is C11H19N3O. The predicted molar refractivity (Wildman–Crippen MR) is 59.3 cm³/mol. The minimum absolute atomic E-state index is 0.163. The highest BCUT2D eigenvalue weighted by Gasteiger charge is 2.24. The van der Waals surface area contributed by atoms with Crippen molar-refractivity contribution in [1.82, 2.24) is 9.78 Å². The standard InChI is InChI=1S/C11H19N3O/c1-8-10(12)6-13-14(8)7-9-4-2-3-5-11(9)15/h6,9,11,15H,2-5,7,12H2,1H3. The van der Waals surface area contributed by atoms with Crippen molar-refractivity contribution in [2.45, 2.75) is 45.3 Å². The molecule has 1 fully saturated rings. The van der Waals surface area contributed by atoms with Crippen LogP contribution in [0.3, 0.4) is 0 Å². The van der Waals surface area contributed by atoms with E-state index in [0.717, 1.165) is 37.2 Å². The highest BCUT2D eigenvalue weighted by molar-refractivity contribution is 5.39. The van der Waals surface area contributed by atoms with E-state index in [1.807, 2.05) is 11.6 Å². The number of hydrogen-bond acceptors (Lipinski definition) is 3. The summed E-state index contributed by atoms with van der Waals surface area (Å²) in [5, 5.41) is 14.1. The molecule has 1 aliphatic carbocycles. The summed E-state index contributed by atoms with van der Waals surface area (Å²) in [6.45, 7) is 2.77. The third-order valence-corrected chi connectivity index (χ3v) is 3.42. The number of hydrogen-bond donors (Lipinski definition) is 2. The Morgan fingerprint density at radius 1 is 1.53 bits per heavy atom. The van der Waals surface area contributed by atoms with Crippen molar-refractivity contribution in [2.75, 3.05) is 5.73 Å². The first kappa shape index (κ1) is 10.5. The second kappa shape index (κ2) is 4.23. The fourth-order valence-electron chi connectivity index (χ4n) is 2.27. The van der Waals surface area contributed by atoms with Gasteiger partial charge in [-0.2, -0.15) is 5.10 Å². The molecule has 1 aliphatic rings. The summed E-state index contributed by atoms with van der Waals surface area (Å²) in [6, 6.07) is 0. The molecule has 1 aromatic rings. The number of aromatic nitrogens is 2. The van der Waals surface area contributed by atoms with Crippen LogP contribution >= 0.6 is 0 Å². The Kier molecular flexibility index (Phi) is 2.95. The largest absolute Gasteiger partial charge is 0.396 e. The second-order valence-electron chi connectivity index (χ2n) is 4.48. The zero-order valence-corrected chi connectivity index (χ0v) is 9.19. The lowest BCUT2D eigenvalue weighted by atomic mass is 9.86. The summed E-state index contributed by atoms with van der Waals surface area (Å²) in [4.78, 5) is 0. The van der Waals surface area contributed by atoms with Gasteiger partial charge in [-0.1, -0.05) is 12.8 Å². The second-order valence-corrected chi connectivity index (χ2v) is 4.48.